The maximum atomic E-state index is 12.9. The summed E-state index contributed by atoms with van der Waals surface area (Å²) in [7, 11) is 1.28. The molecule has 35 heavy (non-hydrogen) atoms. The standard InChI is InChI=1S/C27H37NO7/c1-5-6-7-8-12-20-15-21(34-17-20)14-19(3)25(30)24-22(29)16-23(35-26(24)31)18(2)11-9-10-13-28-27(32)33-4/h10,13,15-19,29H,5-9,11-12,14H2,1-4H3,(H,28,32)/b13-10+. The minimum atomic E-state index is -0.845. The van der Waals surface area contributed by atoms with Gasteiger partial charge in [-0.25, -0.2) is 9.59 Å². The fourth-order valence-electron chi connectivity index (χ4n) is 3.79. The molecule has 8 heteroatoms. The third-order valence-electron chi connectivity index (χ3n) is 5.93. The van der Waals surface area contributed by atoms with Crippen molar-refractivity contribution < 1.29 is 28.3 Å². The van der Waals surface area contributed by atoms with Gasteiger partial charge in [-0.05, 0) is 37.3 Å². The van der Waals surface area contributed by atoms with Crippen molar-refractivity contribution in [3.8, 4) is 5.75 Å². The number of hydrogen-bond acceptors (Lipinski definition) is 7. The summed E-state index contributed by atoms with van der Waals surface area (Å²) < 4.78 is 15.5. The highest BCUT2D eigenvalue weighted by atomic mass is 16.5. The number of Topliss-reactive ketones (excluding diaryl/α,β-unsaturated/α-hetero) is 1. The molecule has 2 heterocycles. The van der Waals surface area contributed by atoms with Gasteiger partial charge in [0, 0.05) is 30.5 Å². The van der Waals surface area contributed by atoms with Gasteiger partial charge in [-0.3, -0.25) is 10.1 Å². The second-order valence-corrected chi connectivity index (χ2v) is 8.91. The molecule has 0 bridgehead atoms. The molecule has 0 aliphatic carbocycles. The number of alkyl carbamates (subject to hydrolysis) is 1. The third kappa shape index (κ3) is 8.77. The highest BCUT2D eigenvalue weighted by molar-refractivity contribution is 5.99. The molecule has 1 amide bonds. The first-order chi connectivity index (χ1) is 16.8. The van der Waals surface area contributed by atoms with Gasteiger partial charge >= 0.3 is 11.7 Å². The van der Waals surface area contributed by atoms with Crippen molar-refractivity contribution in [2.45, 2.75) is 78.1 Å². The van der Waals surface area contributed by atoms with Gasteiger partial charge in [0.1, 0.15) is 22.8 Å². The van der Waals surface area contributed by atoms with E-state index in [0.717, 1.165) is 18.4 Å². The molecule has 2 aromatic rings. The van der Waals surface area contributed by atoms with Gasteiger partial charge in [0.15, 0.2) is 5.78 Å². The second-order valence-electron chi connectivity index (χ2n) is 8.91. The first kappa shape index (κ1) is 28.0. The monoisotopic (exact) mass is 487 g/mol. The van der Waals surface area contributed by atoms with Crippen LogP contribution in [0, 0.1) is 5.92 Å². The number of aryl methyl sites for hydroxylation is 1. The summed E-state index contributed by atoms with van der Waals surface area (Å²) >= 11 is 0. The number of allylic oxidation sites excluding steroid dienone is 1. The fourth-order valence-corrected chi connectivity index (χ4v) is 3.79. The Morgan fingerprint density at radius 2 is 1.97 bits per heavy atom. The molecule has 0 aliphatic rings. The predicted octanol–water partition coefficient (Wildman–Crippen LogP) is 5.88. The molecule has 0 spiro atoms. The summed E-state index contributed by atoms with van der Waals surface area (Å²) in [6.45, 7) is 5.73. The number of amides is 1. The molecule has 0 aliphatic heterocycles. The van der Waals surface area contributed by atoms with Crippen LogP contribution in [0.25, 0.3) is 0 Å². The molecular formula is C27H37NO7. The molecule has 2 aromatic heterocycles. The number of hydrogen-bond donors (Lipinski definition) is 2. The van der Waals surface area contributed by atoms with Gasteiger partial charge in [-0.15, -0.1) is 0 Å². The van der Waals surface area contributed by atoms with Crippen LogP contribution in [-0.4, -0.2) is 24.1 Å². The van der Waals surface area contributed by atoms with E-state index in [1.165, 1.54) is 38.6 Å². The van der Waals surface area contributed by atoms with Crippen LogP contribution >= 0.6 is 0 Å². The summed E-state index contributed by atoms with van der Waals surface area (Å²) in [5.74, 6) is -0.618. The summed E-state index contributed by atoms with van der Waals surface area (Å²) in [5.41, 5.74) is -0.0722. The molecule has 0 saturated carbocycles. The molecule has 2 rings (SSSR count). The quantitative estimate of drug-likeness (QED) is 0.252. The van der Waals surface area contributed by atoms with Gasteiger partial charge < -0.3 is 18.7 Å². The molecule has 8 nitrogen and oxygen atoms in total. The summed E-state index contributed by atoms with van der Waals surface area (Å²) in [5, 5.41) is 12.9. The van der Waals surface area contributed by atoms with Gasteiger partial charge in [-0.2, -0.15) is 0 Å². The van der Waals surface area contributed by atoms with Crippen molar-refractivity contribution >= 4 is 11.9 Å². The average Bonchev–Trinajstić information content (AvgIpc) is 3.27. The van der Waals surface area contributed by atoms with E-state index >= 15 is 0 Å². The lowest BCUT2D eigenvalue weighted by atomic mass is 9.94. The van der Waals surface area contributed by atoms with Gasteiger partial charge in [0.25, 0.3) is 0 Å². The molecule has 0 aromatic carbocycles. The van der Waals surface area contributed by atoms with Gasteiger partial charge in [-0.1, -0.05) is 46.1 Å². The zero-order chi connectivity index (χ0) is 25.8. The number of rotatable bonds is 14. The lowest BCUT2D eigenvalue weighted by Gasteiger charge is -2.13. The number of aromatic hydroxyl groups is 1. The molecular weight excluding hydrogens is 450 g/mol. The minimum Gasteiger partial charge on any atom is -0.507 e. The van der Waals surface area contributed by atoms with Crippen LogP contribution in [0.5, 0.6) is 5.75 Å². The minimum absolute atomic E-state index is 0.184. The Morgan fingerprint density at radius 3 is 2.66 bits per heavy atom. The largest absolute Gasteiger partial charge is 0.507 e. The highest BCUT2D eigenvalue weighted by Gasteiger charge is 2.26. The van der Waals surface area contributed by atoms with Crippen molar-refractivity contribution in [1.82, 2.24) is 5.32 Å². The Hall–Kier alpha value is -3.29. The number of ketones is 1. The predicted molar refractivity (Wildman–Crippen MR) is 133 cm³/mol. The van der Waals surface area contributed by atoms with E-state index in [1.807, 2.05) is 13.0 Å². The fraction of sp³-hybridized carbons (Fsp3) is 0.519. The maximum Gasteiger partial charge on any atom is 0.410 e. The second kappa shape index (κ2) is 14.2. The lowest BCUT2D eigenvalue weighted by molar-refractivity contribution is 0.0918. The van der Waals surface area contributed by atoms with E-state index in [9.17, 15) is 19.5 Å². The first-order valence-corrected chi connectivity index (χ1v) is 12.2. The van der Waals surface area contributed by atoms with Gasteiger partial charge in [0.05, 0.1) is 13.4 Å². The first-order valence-electron chi connectivity index (χ1n) is 12.2. The number of nitrogens with one attached hydrogen (secondary N) is 1. The Kier molecular flexibility index (Phi) is 11.3. The van der Waals surface area contributed by atoms with Crippen molar-refractivity contribution in [1.29, 1.82) is 0 Å². The van der Waals surface area contributed by atoms with Crippen molar-refractivity contribution in [3.63, 3.8) is 0 Å². The van der Waals surface area contributed by atoms with Gasteiger partial charge in [0.2, 0.25) is 0 Å². The smallest absolute Gasteiger partial charge is 0.410 e. The number of carbonyl (C=O) groups is 2. The average molecular weight is 488 g/mol. The zero-order valence-electron chi connectivity index (χ0n) is 21.1. The van der Waals surface area contributed by atoms with Crippen LogP contribution in [0.1, 0.15) is 92.7 Å². The molecule has 0 radical (unpaired) electrons. The van der Waals surface area contributed by atoms with Crippen molar-refractivity contribution in [2.75, 3.05) is 7.11 Å². The van der Waals surface area contributed by atoms with Crippen molar-refractivity contribution in [3.05, 3.63) is 63.7 Å². The van der Waals surface area contributed by atoms with E-state index in [-0.39, 0.29) is 17.2 Å². The zero-order valence-corrected chi connectivity index (χ0v) is 21.1. The molecule has 2 atom stereocenters. The molecule has 0 fully saturated rings. The highest BCUT2D eigenvalue weighted by Crippen LogP contribution is 2.27. The summed E-state index contributed by atoms with van der Waals surface area (Å²) in [6, 6.07) is 3.29. The Morgan fingerprint density at radius 1 is 1.20 bits per heavy atom. The molecule has 192 valence electrons. The molecule has 2 N–H and O–H groups in total. The van der Waals surface area contributed by atoms with Crippen LogP contribution in [-0.2, 0) is 17.6 Å². The Bertz CT molecular complexity index is 1050. The van der Waals surface area contributed by atoms with Crippen LogP contribution < -0.4 is 10.9 Å². The summed E-state index contributed by atoms with van der Waals surface area (Å²) in [4.78, 5) is 36.5. The van der Waals surface area contributed by atoms with E-state index in [0.29, 0.717) is 30.8 Å². The van der Waals surface area contributed by atoms with Crippen LogP contribution in [0.4, 0.5) is 4.79 Å². The summed E-state index contributed by atoms with van der Waals surface area (Å²) in [6.07, 6.45) is 11.5. The third-order valence-corrected chi connectivity index (χ3v) is 5.93. The van der Waals surface area contributed by atoms with E-state index in [2.05, 4.69) is 17.0 Å². The Balaban J connectivity index is 1.97. The Labute approximate surface area is 206 Å². The topological polar surface area (TPSA) is 119 Å². The number of methoxy groups -OCH3 is 1. The number of furan rings is 1. The van der Waals surface area contributed by atoms with E-state index in [4.69, 9.17) is 8.83 Å². The number of ether oxygens (including phenoxy) is 1. The van der Waals surface area contributed by atoms with E-state index in [1.54, 1.807) is 19.3 Å². The lowest BCUT2D eigenvalue weighted by Crippen LogP contribution is -2.22. The maximum absolute atomic E-state index is 12.9. The number of unbranched alkanes of at least 4 members (excludes halogenated alkanes) is 3. The van der Waals surface area contributed by atoms with Crippen LogP contribution in [0.2, 0.25) is 0 Å². The molecule has 0 saturated heterocycles. The van der Waals surface area contributed by atoms with Crippen LogP contribution in [0.3, 0.4) is 0 Å². The van der Waals surface area contributed by atoms with Crippen LogP contribution in [0.15, 0.2) is 44.3 Å². The normalized spacial score (nSPS) is 13.0. The molecule has 2 unspecified atom stereocenters. The SMILES string of the molecule is CCCCCCc1coc(CC(C)C(=O)c2c(O)cc(C(C)CC/C=C/NC(=O)OC)oc2=O)c1. The number of carbonyl (C=O) groups excluding carboxylic acids is 2. The van der Waals surface area contributed by atoms with E-state index < -0.39 is 23.4 Å². The van der Waals surface area contributed by atoms with Crippen molar-refractivity contribution in [2.24, 2.45) is 5.92 Å².